The molecule has 0 amide bonds. The summed E-state index contributed by atoms with van der Waals surface area (Å²) in [6.45, 7) is 7.94. The third kappa shape index (κ3) is 1.10. The van der Waals surface area contributed by atoms with E-state index in [4.69, 9.17) is 0 Å². The van der Waals surface area contributed by atoms with Crippen LogP contribution in [0.1, 0.15) is 37.3 Å². The molecule has 0 aliphatic carbocycles. The van der Waals surface area contributed by atoms with Crippen LogP contribution in [0.2, 0.25) is 0 Å². The molecule has 2 heterocycles. The van der Waals surface area contributed by atoms with Crippen molar-refractivity contribution in [1.82, 2.24) is 5.32 Å². The molecule has 0 spiro atoms. The molecule has 1 atom stereocenters. The zero-order valence-electron chi connectivity index (χ0n) is 7.85. The summed E-state index contributed by atoms with van der Waals surface area (Å²) in [5, 5.41) is 5.73. The van der Waals surface area contributed by atoms with Crippen LogP contribution in [-0.4, -0.2) is 6.54 Å². The van der Waals surface area contributed by atoms with Gasteiger partial charge < -0.3 is 5.32 Å². The Morgan fingerprint density at radius 3 is 3.00 bits per heavy atom. The Hall–Kier alpha value is -0.340. The third-order valence-electron chi connectivity index (χ3n) is 2.67. The van der Waals surface area contributed by atoms with Crippen LogP contribution in [0, 0.1) is 0 Å². The van der Waals surface area contributed by atoms with Gasteiger partial charge in [0.1, 0.15) is 0 Å². The Bertz CT molecular complexity index is 288. The molecule has 0 saturated heterocycles. The van der Waals surface area contributed by atoms with Gasteiger partial charge in [-0.1, -0.05) is 13.8 Å². The smallest absolute Gasteiger partial charge is 0.0389 e. The van der Waals surface area contributed by atoms with Crippen LogP contribution in [0.5, 0.6) is 0 Å². The molecule has 2 rings (SSSR count). The second-order valence-electron chi connectivity index (χ2n) is 4.18. The SMILES string of the molecule is C[C@@H]1NCC(C)(C)c2ccsc21. The highest BCUT2D eigenvalue weighted by Gasteiger charge is 2.30. The third-order valence-corrected chi connectivity index (χ3v) is 3.77. The number of rotatable bonds is 0. The van der Waals surface area contributed by atoms with E-state index in [1.165, 1.54) is 4.88 Å². The standard InChI is InChI=1S/C10H15NS/c1-7-9-8(4-5-12-9)10(2,3)6-11-7/h4-5,7,11H,6H2,1-3H3/t7-/m0/s1. The summed E-state index contributed by atoms with van der Waals surface area (Å²) in [7, 11) is 0. The molecule has 1 aliphatic rings. The summed E-state index contributed by atoms with van der Waals surface area (Å²) in [5.74, 6) is 0. The van der Waals surface area contributed by atoms with Crippen molar-refractivity contribution < 1.29 is 0 Å². The van der Waals surface area contributed by atoms with Crippen molar-refractivity contribution in [3.63, 3.8) is 0 Å². The fourth-order valence-corrected chi connectivity index (χ4v) is 2.92. The summed E-state index contributed by atoms with van der Waals surface area (Å²) < 4.78 is 0. The quantitative estimate of drug-likeness (QED) is 0.649. The van der Waals surface area contributed by atoms with E-state index in [-0.39, 0.29) is 0 Å². The highest BCUT2D eigenvalue weighted by Crippen LogP contribution is 2.37. The first-order valence-corrected chi connectivity index (χ1v) is 5.30. The van der Waals surface area contributed by atoms with E-state index >= 15 is 0 Å². The summed E-state index contributed by atoms with van der Waals surface area (Å²) in [4.78, 5) is 1.52. The summed E-state index contributed by atoms with van der Waals surface area (Å²) in [5.41, 5.74) is 1.86. The highest BCUT2D eigenvalue weighted by molar-refractivity contribution is 7.10. The number of hydrogen-bond acceptors (Lipinski definition) is 2. The lowest BCUT2D eigenvalue weighted by Crippen LogP contribution is -2.39. The van der Waals surface area contributed by atoms with E-state index in [1.807, 2.05) is 11.3 Å². The molecular weight excluding hydrogens is 166 g/mol. The molecule has 1 nitrogen and oxygen atoms in total. The van der Waals surface area contributed by atoms with Gasteiger partial charge in [0.25, 0.3) is 0 Å². The molecule has 1 aromatic heterocycles. The lowest BCUT2D eigenvalue weighted by molar-refractivity contribution is 0.401. The maximum absolute atomic E-state index is 3.52. The minimum absolute atomic E-state index is 0.321. The van der Waals surface area contributed by atoms with Gasteiger partial charge in [0.05, 0.1) is 0 Å². The predicted molar refractivity (Wildman–Crippen MR) is 53.8 cm³/mol. The van der Waals surface area contributed by atoms with E-state index in [1.54, 1.807) is 5.56 Å². The van der Waals surface area contributed by atoms with Crippen LogP contribution in [0.4, 0.5) is 0 Å². The normalized spacial score (nSPS) is 26.8. The average molecular weight is 181 g/mol. The molecule has 1 aliphatic heterocycles. The Balaban J connectivity index is 2.50. The Labute approximate surface area is 77.8 Å². The molecule has 66 valence electrons. The van der Waals surface area contributed by atoms with Gasteiger partial charge >= 0.3 is 0 Å². The fourth-order valence-electron chi connectivity index (χ4n) is 1.81. The van der Waals surface area contributed by atoms with Crippen LogP contribution in [-0.2, 0) is 5.41 Å². The van der Waals surface area contributed by atoms with Crippen LogP contribution < -0.4 is 5.32 Å². The van der Waals surface area contributed by atoms with Gasteiger partial charge in [-0.05, 0) is 23.9 Å². The van der Waals surface area contributed by atoms with E-state index in [9.17, 15) is 0 Å². The van der Waals surface area contributed by atoms with Gasteiger partial charge in [0.15, 0.2) is 0 Å². The lowest BCUT2D eigenvalue weighted by Gasteiger charge is -2.34. The zero-order chi connectivity index (χ0) is 8.77. The fraction of sp³-hybridized carbons (Fsp3) is 0.600. The van der Waals surface area contributed by atoms with Gasteiger partial charge in [0, 0.05) is 22.9 Å². The van der Waals surface area contributed by atoms with Crippen LogP contribution in [0.25, 0.3) is 0 Å². The van der Waals surface area contributed by atoms with Gasteiger partial charge in [-0.25, -0.2) is 0 Å². The number of hydrogen-bond donors (Lipinski definition) is 1. The maximum Gasteiger partial charge on any atom is 0.0389 e. The highest BCUT2D eigenvalue weighted by atomic mass is 32.1. The molecule has 0 aromatic carbocycles. The van der Waals surface area contributed by atoms with Crippen molar-refractivity contribution in [3.05, 3.63) is 21.9 Å². The molecular formula is C10H15NS. The Morgan fingerprint density at radius 1 is 1.58 bits per heavy atom. The van der Waals surface area contributed by atoms with Crippen molar-refractivity contribution in [2.24, 2.45) is 0 Å². The topological polar surface area (TPSA) is 12.0 Å². The van der Waals surface area contributed by atoms with Crippen LogP contribution >= 0.6 is 11.3 Å². The second kappa shape index (κ2) is 2.57. The van der Waals surface area contributed by atoms with Crippen molar-refractivity contribution in [3.8, 4) is 0 Å². The molecule has 12 heavy (non-hydrogen) atoms. The molecule has 1 aromatic rings. The van der Waals surface area contributed by atoms with Crippen LogP contribution in [0.15, 0.2) is 11.4 Å². The molecule has 0 bridgehead atoms. The number of nitrogens with one attached hydrogen (secondary N) is 1. The lowest BCUT2D eigenvalue weighted by atomic mass is 9.81. The van der Waals surface area contributed by atoms with Crippen LogP contribution in [0.3, 0.4) is 0 Å². The van der Waals surface area contributed by atoms with Crippen molar-refractivity contribution >= 4 is 11.3 Å². The molecule has 0 fully saturated rings. The van der Waals surface area contributed by atoms with Crippen molar-refractivity contribution in [1.29, 1.82) is 0 Å². The minimum Gasteiger partial charge on any atom is -0.309 e. The second-order valence-corrected chi connectivity index (χ2v) is 5.13. The van der Waals surface area contributed by atoms with Gasteiger partial charge in [0.2, 0.25) is 0 Å². The first kappa shape index (κ1) is 8.27. The van der Waals surface area contributed by atoms with Gasteiger partial charge in [-0.2, -0.15) is 0 Å². The Morgan fingerprint density at radius 2 is 2.33 bits per heavy atom. The number of fused-ring (bicyclic) bond motifs is 1. The average Bonchev–Trinajstić information content (AvgIpc) is 2.46. The molecule has 0 radical (unpaired) electrons. The summed E-state index contributed by atoms with van der Waals surface area (Å²) in [6, 6.07) is 2.82. The molecule has 0 saturated carbocycles. The number of thiophene rings is 1. The zero-order valence-corrected chi connectivity index (χ0v) is 8.66. The first-order chi connectivity index (χ1) is 5.61. The van der Waals surface area contributed by atoms with E-state index in [0.29, 0.717) is 11.5 Å². The van der Waals surface area contributed by atoms with Crippen molar-refractivity contribution in [2.75, 3.05) is 6.54 Å². The summed E-state index contributed by atoms with van der Waals surface area (Å²) >= 11 is 1.87. The predicted octanol–water partition coefficient (Wildman–Crippen LogP) is 2.69. The molecule has 0 unspecified atom stereocenters. The largest absolute Gasteiger partial charge is 0.309 e. The Kier molecular flexibility index (Phi) is 1.77. The first-order valence-electron chi connectivity index (χ1n) is 4.42. The molecule has 1 N–H and O–H groups in total. The van der Waals surface area contributed by atoms with Gasteiger partial charge in [-0.15, -0.1) is 11.3 Å². The monoisotopic (exact) mass is 181 g/mol. The molecule has 2 heteroatoms. The van der Waals surface area contributed by atoms with Crippen molar-refractivity contribution in [2.45, 2.75) is 32.2 Å². The maximum atomic E-state index is 3.52. The summed E-state index contributed by atoms with van der Waals surface area (Å²) in [6.07, 6.45) is 0. The van der Waals surface area contributed by atoms with Gasteiger partial charge in [-0.3, -0.25) is 0 Å². The van der Waals surface area contributed by atoms with E-state index < -0.39 is 0 Å². The van der Waals surface area contributed by atoms with E-state index in [0.717, 1.165) is 6.54 Å². The van der Waals surface area contributed by atoms with E-state index in [2.05, 4.69) is 37.5 Å². The minimum atomic E-state index is 0.321.